The Morgan fingerprint density at radius 1 is 1.56 bits per heavy atom. The molecule has 0 saturated carbocycles. The number of aromatic nitrogens is 4. The Morgan fingerprint density at radius 3 is 2.72 bits per heavy atom. The minimum atomic E-state index is -1.43. The Bertz CT molecular complexity index is 583. The van der Waals surface area contributed by atoms with E-state index in [0.717, 1.165) is 6.20 Å². The molecule has 0 aliphatic carbocycles. The Kier molecular flexibility index (Phi) is 2.80. The van der Waals surface area contributed by atoms with Gasteiger partial charge < -0.3 is 5.11 Å². The van der Waals surface area contributed by atoms with E-state index in [-0.39, 0.29) is 6.54 Å². The zero-order valence-corrected chi connectivity index (χ0v) is 9.35. The van der Waals surface area contributed by atoms with Gasteiger partial charge in [-0.3, -0.25) is 19.5 Å². The molecule has 0 fully saturated rings. The molecule has 2 aromatic heterocycles. The molecule has 2 aromatic rings. The van der Waals surface area contributed by atoms with E-state index in [1.54, 1.807) is 24.0 Å². The second kappa shape index (κ2) is 4.28. The van der Waals surface area contributed by atoms with Crippen LogP contribution in [-0.2, 0) is 13.6 Å². The smallest absolute Gasteiger partial charge is 0.363 e. The van der Waals surface area contributed by atoms with E-state index in [2.05, 4.69) is 10.2 Å². The van der Waals surface area contributed by atoms with Crippen LogP contribution in [0.25, 0.3) is 0 Å². The lowest BCUT2D eigenvalue weighted by Gasteiger charge is -1.95. The maximum absolute atomic E-state index is 10.8. The SMILES string of the molecule is Cn1ccc(Cn2cc([N+](=O)[O-])c(C(=O)O)n2)n1. The van der Waals surface area contributed by atoms with E-state index in [9.17, 15) is 14.9 Å². The molecule has 0 atom stereocenters. The van der Waals surface area contributed by atoms with Crippen LogP contribution in [0.3, 0.4) is 0 Å². The summed E-state index contributed by atoms with van der Waals surface area (Å²) < 4.78 is 2.76. The number of aromatic carboxylic acids is 1. The first-order valence-corrected chi connectivity index (χ1v) is 4.91. The molecule has 0 radical (unpaired) electrons. The number of hydrogen-bond acceptors (Lipinski definition) is 5. The molecule has 1 N–H and O–H groups in total. The maximum atomic E-state index is 10.8. The maximum Gasteiger partial charge on any atom is 0.363 e. The van der Waals surface area contributed by atoms with E-state index in [4.69, 9.17) is 5.11 Å². The predicted molar refractivity (Wildman–Crippen MR) is 58.2 cm³/mol. The van der Waals surface area contributed by atoms with E-state index < -0.39 is 22.3 Å². The molecular weight excluding hydrogens is 242 g/mol. The first kappa shape index (κ1) is 11.8. The molecule has 2 rings (SSSR count). The molecule has 0 aliphatic heterocycles. The fraction of sp³-hybridized carbons (Fsp3) is 0.222. The van der Waals surface area contributed by atoms with E-state index >= 15 is 0 Å². The molecule has 94 valence electrons. The molecule has 0 aromatic carbocycles. The van der Waals surface area contributed by atoms with Gasteiger partial charge in [0.15, 0.2) is 0 Å². The van der Waals surface area contributed by atoms with Crippen LogP contribution in [0.5, 0.6) is 0 Å². The number of carboxylic acids is 1. The quantitative estimate of drug-likeness (QED) is 0.615. The Morgan fingerprint density at radius 2 is 2.28 bits per heavy atom. The first-order valence-electron chi connectivity index (χ1n) is 4.91. The monoisotopic (exact) mass is 251 g/mol. The minimum absolute atomic E-state index is 0.176. The van der Waals surface area contributed by atoms with E-state index in [1.807, 2.05) is 0 Å². The molecule has 0 unspecified atom stereocenters. The number of carboxylic acid groups (broad SMARTS) is 1. The lowest BCUT2D eigenvalue weighted by atomic mass is 10.4. The van der Waals surface area contributed by atoms with Crippen molar-refractivity contribution in [2.45, 2.75) is 6.54 Å². The zero-order valence-electron chi connectivity index (χ0n) is 9.35. The van der Waals surface area contributed by atoms with Crippen molar-refractivity contribution in [2.24, 2.45) is 7.05 Å². The highest BCUT2D eigenvalue weighted by atomic mass is 16.6. The van der Waals surface area contributed by atoms with Crippen LogP contribution in [0.1, 0.15) is 16.2 Å². The summed E-state index contributed by atoms with van der Waals surface area (Å²) in [5.74, 6) is -1.43. The van der Waals surface area contributed by atoms with Gasteiger partial charge in [-0.05, 0) is 6.07 Å². The van der Waals surface area contributed by atoms with Crippen LogP contribution < -0.4 is 0 Å². The van der Waals surface area contributed by atoms with Crippen LogP contribution >= 0.6 is 0 Å². The molecule has 0 spiro atoms. The zero-order chi connectivity index (χ0) is 13.3. The number of aryl methyl sites for hydroxylation is 1. The van der Waals surface area contributed by atoms with Gasteiger partial charge in [-0.2, -0.15) is 10.2 Å². The molecule has 2 heterocycles. The summed E-state index contributed by atoms with van der Waals surface area (Å²) in [7, 11) is 1.73. The fourth-order valence-electron chi connectivity index (χ4n) is 1.49. The lowest BCUT2D eigenvalue weighted by Crippen LogP contribution is -2.05. The van der Waals surface area contributed by atoms with Gasteiger partial charge in [0.1, 0.15) is 6.20 Å². The first-order chi connectivity index (χ1) is 8.47. The Balaban J connectivity index is 2.32. The minimum Gasteiger partial charge on any atom is -0.476 e. The van der Waals surface area contributed by atoms with Crippen LogP contribution in [-0.4, -0.2) is 35.6 Å². The predicted octanol–water partition coefficient (Wildman–Crippen LogP) is 0.271. The topological polar surface area (TPSA) is 116 Å². The summed E-state index contributed by atoms with van der Waals surface area (Å²) in [6.07, 6.45) is 2.80. The molecule has 9 nitrogen and oxygen atoms in total. The molecule has 0 saturated heterocycles. The summed E-state index contributed by atoms with van der Waals surface area (Å²) in [6.45, 7) is 0.176. The van der Waals surface area contributed by atoms with Gasteiger partial charge in [0.2, 0.25) is 5.69 Å². The van der Waals surface area contributed by atoms with Gasteiger partial charge in [0, 0.05) is 13.2 Å². The van der Waals surface area contributed by atoms with Crippen LogP contribution in [0.4, 0.5) is 5.69 Å². The highest BCUT2D eigenvalue weighted by Crippen LogP contribution is 2.17. The van der Waals surface area contributed by atoms with Crippen LogP contribution in [0.15, 0.2) is 18.5 Å². The lowest BCUT2D eigenvalue weighted by molar-refractivity contribution is -0.385. The average Bonchev–Trinajstić information content (AvgIpc) is 2.85. The van der Waals surface area contributed by atoms with Gasteiger partial charge in [-0.25, -0.2) is 4.79 Å². The number of nitrogens with zero attached hydrogens (tertiary/aromatic N) is 5. The largest absolute Gasteiger partial charge is 0.476 e. The summed E-state index contributed by atoms with van der Waals surface area (Å²) in [5.41, 5.74) is -0.471. The number of nitro groups is 1. The van der Waals surface area contributed by atoms with Gasteiger partial charge >= 0.3 is 11.7 Å². The second-order valence-electron chi connectivity index (χ2n) is 3.60. The molecule has 9 heteroatoms. The summed E-state index contributed by atoms with van der Waals surface area (Å²) in [4.78, 5) is 20.7. The number of carbonyl (C=O) groups is 1. The van der Waals surface area contributed by atoms with Crippen molar-refractivity contribution in [2.75, 3.05) is 0 Å². The molecule has 0 amide bonds. The normalized spacial score (nSPS) is 10.5. The van der Waals surface area contributed by atoms with Crippen molar-refractivity contribution in [1.82, 2.24) is 19.6 Å². The third-order valence-electron chi connectivity index (χ3n) is 2.23. The molecule has 0 aliphatic rings. The van der Waals surface area contributed by atoms with Crippen LogP contribution in [0, 0.1) is 10.1 Å². The Hall–Kier alpha value is -2.71. The van der Waals surface area contributed by atoms with Gasteiger partial charge in [0.05, 0.1) is 17.2 Å². The molecular formula is C9H9N5O4. The van der Waals surface area contributed by atoms with Crippen LogP contribution in [0.2, 0.25) is 0 Å². The van der Waals surface area contributed by atoms with Crippen molar-refractivity contribution in [3.63, 3.8) is 0 Å². The van der Waals surface area contributed by atoms with Crippen molar-refractivity contribution in [3.8, 4) is 0 Å². The van der Waals surface area contributed by atoms with E-state index in [1.165, 1.54) is 4.68 Å². The van der Waals surface area contributed by atoms with Gasteiger partial charge in [-0.15, -0.1) is 0 Å². The molecule has 0 bridgehead atoms. The summed E-state index contributed by atoms with van der Waals surface area (Å²) >= 11 is 0. The van der Waals surface area contributed by atoms with E-state index in [0.29, 0.717) is 5.69 Å². The van der Waals surface area contributed by atoms with Crippen molar-refractivity contribution in [3.05, 3.63) is 40.0 Å². The third-order valence-corrected chi connectivity index (χ3v) is 2.23. The highest BCUT2D eigenvalue weighted by molar-refractivity contribution is 5.89. The molecule has 18 heavy (non-hydrogen) atoms. The highest BCUT2D eigenvalue weighted by Gasteiger charge is 2.25. The summed E-state index contributed by atoms with van der Waals surface area (Å²) in [5, 5.41) is 27.2. The Labute approximate surface area is 100 Å². The number of hydrogen-bond donors (Lipinski definition) is 1. The van der Waals surface area contributed by atoms with Crippen molar-refractivity contribution in [1.29, 1.82) is 0 Å². The summed E-state index contributed by atoms with van der Waals surface area (Å²) in [6, 6.07) is 1.72. The van der Waals surface area contributed by atoms with Gasteiger partial charge in [0.25, 0.3) is 0 Å². The third kappa shape index (κ3) is 2.19. The number of rotatable bonds is 4. The van der Waals surface area contributed by atoms with Crippen molar-refractivity contribution < 1.29 is 14.8 Å². The van der Waals surface area contributed by atoms with Gasteiger partial charge in [-0.1, -0.05) is 0 Å². The fourth-order valence-corrected chi connectivity index (χ4v) is 1.49. The standard InChI is InChI=1S/C9H9N5O4/c1-12-3-2-6(10-12)4-13-5-7(14(17)18)8(11-13)9(15)16/h2-3,5H,4H2,1H3,(H,15,16). The average molecular weight is 251 g/mol. The second-order valence-corrected chi connectivity index (χ2v) is 3.60. The van der Waals surface area contributed by atoms with Crippen molar-refractivity contribution >= 4 is 11.7 Å².